The fourth-order valence-corrected chi connectivity index (χ4v) is 3.58. The third-order valence-electron chi connectivity index (χ3n) is 3.25. The van der Waals surface area contributed by atoms with E-state index in [1.165, 1.54) is 16.6 Å². The number of nitrogens with zero attached hydrogens (tertiary/aromatic N) is 3. The van der Waals surface area contributed by atoms with Crippen LogP contribution >= 0.6 is 30.3 Å². The van der Waals surface area contributed by atoms with E-state index in [1.54, 1.807) is 9.12 Å². The van der Waals surface area contributed by atoms with Gasteiger partial charge in [-0.1, -0.05) is 0 Å². The molecule has 0 unspecified atom stereocenters. The molecule has 0 radical (unpaired) electrons. The Morgan fingerprint density at radius 2 is 2.17 bits per heavy atom. The highest BCUT2D eigenvalue weighted by Gasteiger charge is 2.14. The van der Waals surface area contributed by atoms with Crippen molar-refractivity contribution in [3.63, 3.8) is 0 Å². The van der Waals surface area contributed by atoms with E-state index in [0.29, 0.717) is 0 Å². The number of rotatable bonds is 2. The van der Waals surface area contributed by atoms with Gasteiger partial charge in [-0.15, -0.1) is 0 Å². The minimum Gasteiger partial charge on any atom is -0.378 e. The van der Waals surface area contributed by atoms with Crippen molar-refractivity contribution in [3.05, 3.63) is 24.0 Å². The zero-order valence-electron chi connectivity index (χ0n) is 10.1. The molecule has 1 saturated heterocycles. The van der Waals surface area contributed by atoms with Crippen LogP contribution in [0.2, 0.25) is 0 Å². The summed E-state index contributed by atoms with van der Waals surface area (Å²) in [5.74, 6) is 0. The van der Waals surface area contributed by atoms with Gasteiger partial charge in [-0.2, -0.15) is 0 Å². The van der Waals surface area contributed by atoms with Crippen LogP contribution in [0.5, 0.6) is 0 Å². The van der Waals surface area contributed by atoms with E-state index in [2.05, 4.69) is 54.2 Å². The van der Waals surface area contributed by atoms with Crippen molar-refractivity contribution in [2.75, 3.05) is 31.2 Å². The van der Waals surface area contributed by atoms with Crippen molar-refractivity contribution in [2.24, 2.45) is 0 Å². The Labute approximate surface area is 122 Å². The number of pyridine rings is 1. The molecule has 2 aromatic heterocycles. The monoisotopic (exact) mass is 375 g/mol. The lowest BCUT2D eigenvalue weighted by atomic mass is 10.2. The molecule has 0 spiro atoms. The summed E-state index contributed by atoms with van der Waals surface area (Å²) in [6, 6.07) is 2.24. The van der Waals surface area contributed by atoms with Crippen molar-refractivity contribution in [3.8, 4) is 0 Å². The van der Waals surface area contributed by atoms with Crippen LogP contribution in [0.1, 0.15) is 5.56 Å². The number of morpholine rings is 1. The maximum Gasteiger partial charge on any atom is 0.150 e. The van der Waals surface area contributed by atoms with Crippen molar-refractivity contribution in [1.29, 1.82) is 0 Å². The molecule has 2 aromatic rings. The summed E-state index contributed by atoms with van der Waals surface area (Å²) >= 11 is 2.28. The quantitative estimate of drug-likeness (QED) is 0.755. The third-order valence-corrected chi connectivity index (χ3v) is 4.95. The summed E-state index contributed by atoms with van der Waals surface area (Å²) in [5.41, 5.74) is 3.52. The number of halogens is 1. The first-order chi connectivity index (χ1) is 8.79. The highest BCUT2D eigenvalue weighted by atomic mass is 127. The van der Waals surface area contributed by atoms with Gasteiger partial charge >= 0.3 is 0 Å². The van der Waals surface area contributed by atoms with Gasteiger partial charge in [-0.3, -0.25) is 3.97 Å². The normalized spacial score (nSPS) is 16.4. The summed E-state index contributed by atoms with van der Waals surface area (Å²) < 4.78 is 7.49. The molecule has 3 rings (SSSR count). The summed E-state index contributed by atoms with van der Waals surface area (Å²) in [6.07, 6.45) is 4.11. The molecule has 1 fully saturated rings. The molecule has 0 aromatic carbocycles. The first-order valence-corrected chi connectivity index (χ1v) is 9.20. The van der Waals surface area contributed by atoms with Crippen LogP contribution in [-0.4, -0.2) is 35.3 Å². The Balaban J connectivity index is 2.02. The summed E-state index contributed by atoms with van der Waals surface area (Å²) in [4.78, 5) is 6.94. The van der Waals surface area contributed by atoms with E-state index < -0.39 is 0 Å². The Morgan fingerprint density at radius 3 is 2.89 bits per heavy atom. The fraction of sp³-hybridized carbons (Fsp3) is 0.417. The minimum absolute atomic E-state index is 0.807. The topological polar surface area (TPSA) is 30.3 Å². The van der Waals surface area contributed by atoms with E-state index in [9.17, 15) is 0 Å². The summed E-state index contributed by atoms with van der Waals surface area (Å²) in [7, 11) is 1.65. The van der Waals surface area contributed by atoms with E-state index >= 15 is 0 Å². The zero-order valence-corrected chi connectivity index (χ0v) is 13.1. The molecule has 0 atom stereocenters. The van der Waals surface area contributed by atoms with Gasteiger partial charge in [-0.25, -0.2) is 4.98 Å². The van der Waals surface area contributed by atoms with Gasteiger partial charge in [0.25, 0.3) is 0 Å². The smallest absolute Gasteiger partial charge is 0.150 e. The van der Waals surface area contributed by atoms with E-state index in [4.69, 9.17) is 4.74 Å². The van der Waals surface area contributed by atoms with Crippen molar-refractivity contribution < 1.29 is 4.74 Å². The van der Waals surface area contributed by atoms with E-state index in [0.717, 1.165) is 32.0 Å². The first-order valence-electron chi connectivity index (χ1n) is 5.89. The molecule has 4 nitrogen and oxygen atoms in total. The molecule has 18 heavy (non-hydrogen) atoms. The average molecular weight is 375 g/mol. The van der Waals surface area contributed by atoms with Gasteiger partial charge in [0.05, 0.1) is 25.1 Å². The number of hydrogen-bond donors (Lipinski definition) is 0. The lowest BCUT2D eigenvalue weighted by Crippen LogP contribution is -2.36. The van der Waals surface area contributed by atoms with Crippen LogP contribution in [0.4, 0.5) is 5.69 Å². The van der Waals surface area contributed by atoms with Gasteiger partial charge in [0.2, 0.25) is 0 Å². The maximum atomic E-state index is 5.38. The largest absolute Gasteiger partial charge is 0.378 e. The molecule has 1 aliphatic heterocycles. The minimum atomic E-state index is 0.807. The summed E-state index contributed by atoms with van der Waals surface area (Å²) in [5, 5.41) is 1.24. The predicted octanol–water partition coefficient (Wildman–Crippen LogP) is 3.03. The average Bonchev–Trinajstić information content (AvgIpc) is 2.76. The Kier molecular flexibility index (Phi) is 3.67. The van der Waals surface area contributed by atoms with Gasteiger partial charge in [0.15, 0.2) is 5.65 Å². The van der Waals surface area contributed by atoms with Crippen molar-refractivity contribution >= 4 is 47.0 Å². The fourth-order valence-electron chi connectivity index (χ4n) is 2.27. The first kappa shape index (κ1) is 12.6. The van der Waals surface area contributed by atoms with Crippen molar-refractivity contribution in [1.82, 2.24) is 8.96 Å². The van der Waals surface area contributed by atoms with E-state index in [1.807, 2.05) is 6.20 Å². The molecular formula is C12H14IN3OS. The second-order valence-corrected chi connectivity index (χ2v) is 6.08. The molecule has 0 bridgehead atoms. The lowest BCUT2D eigenvalue weighted by Gasteiger charge is -2.28. The van der Waals surface area contributed by atoms with Gasteiger partial charge < -0.3 is 9.64 Å². The molecule has 3 heterocycles. The van der Waals surface area contributed by atoms with E-state index in [-0.39, 0.29) is 0 Å². The molecule has 0 N–H and O–H groups in total. The van der Waals surface area contributed by atoms with Crippen LogP contribution < -0.4 is 4.90 Å². The Hall–Kier alpha value is -0.470. The number of ether oxygens (including phenoxy) is 1. The maximum absolute atomic E-state index is 5.38. The van der Waals surface area contributed by atoms with Gasteiger partial charge in [-0.05, 0) is 18.6 Å². The van der Waals surface area contributed by atoms with Crippen LogP contribution in [0.3, 0.4) is 0 Å². The molecule has 96 valence electrons. The highest BCUT2D eigenvalue weighted by molar-refractivity contribution is 14.2. The van der Waals surface area contributed by atoms with Gasteiger partial charge in [0.1, 0.15) is 0 Å². The number of aromatic nitrogens is 2. The number of fused-ring (bicyclic) bond motifs is 1. The molecule has 0 aliphatic carbocycles. The third kappa shape index (κ3) is 2.21. The lowest BCUT2D eigenvalue weighted by molar-refractivity contribution is 0.122. The number of aryl methyl sites for hydroxylation is 1. The second-order valence-electron chi connectivity index (χ2n) is 4.37. The predicted molar refractivity (Wildman–Crippen MR) is 84.5 cm³/mol. The highest BCUT2D eigenvalue weighted by Crippen LogP contribution is 2.29. The number of hydrogen-bond acceptors (Lipinski definition) is 4. The number of anilines is 1. The van der Waals surface area contributed by atoms with Gasteiger partial charge in [0, 0.05) is 55.0 Å². The zero-order chi connectivity index (χ0) is 12.5. The Bertz CT molecular complexity index is 566. The molecule has 6 heteroatoms. The standard InChI is InChI=1S/C12H14IN3OS/c1-9-8-16(18-13)12-11(9)6-10(7-14-12)15-2-4-17-5-3-15/h6-8H,2-5H2,1H3. The van der Waals surface area contributed by atoms with Crippen LogP contribution in [0.15, 0.2) is 18.5 Å². The van der Waals surface area contributed by atoms with Crippen molar-refractivity contribution in [2.45, 2.75) is 6.92 Å². The SMILES string of the molecule is Cc1cn(SI)c2ncc(N3CCOCC3)cc12. The second kappa shape index (κ2) is 5.26. The van der Waals surface area contributed by atoms with Crippen LogP contribution in [0, 0.1) is 6.92 Å². The molecule has 0 saturated carbocycles. The van der Waals surface area contributed by atoms with Crippen LogP contribution in [0.25, 0.3) is 11.0 Å². The molecular weight excluding hydrogens is 361 g/mol. The Morgan fingerprint density at radius 1 is 1.39 bits per heavy atom. The van der Waals surface area contributed by atoms with Crippen LogP contribution in [-0.2, 0) is 4.74 Å². The molecule has 0 amide bonds. The summed E-state index contributed by atoms with van der Waals surface area (Å²) in [6.45, 7) is 5.65. The molecule has 1 aliphatic rings.